The molecule has 19 heavy (non-hydrogen) atoms. The Balaban J connectivity index is 0.00000180. The average molecular weight is 280 g/mol. The van der Waals surface area contributed by atoms with Gasteiger partial charge in [0.1, 0.15) is 5.82 Å². The third kappa shape index (κ3) is 3.34. The zero-order chi connectivity index (χ0) is 13.1. The molecule has 1 nitrogen and oxygen atoms in total. The van der Waals surface area contributed by atoms with Gasteiger partial charge < -0.3 is 5.32 Å². The average Bonchev–Trinajstić information content (AvgIpc) is 2.34. The molecule has 0 unspecified atom stereocenters. The van der Waals surface area contributed by atoms with Gasteiger partial charge in [-0.3, -0.25) is 0 Å². The van der Waals surface area contributed by atoms with Crippen molar-refractivity contribution in [2.24, 2.45) is 0 Å². The number of halogens is 2. The lowest BCUT2D eigenvalue weighted by molar-refractivity contribution is 0.631. The maximum Gasteiger partial charge on any atom is 0.131 e. The fourth-order valence-corrected chi connectivity index (χ4v) is 2.30. The van der Waals surface area contributed by atoms with E-state index in [0.29, 0.717) is 5.56 Å². The molecule has 0 aliphatic carbocycles. The minimum absolute atomic E-state index is 0. The van der Waals surface area contributed by atoms with Gasteiger partial charge in [-0.25, -0.2) is 4.39 Å². The standard InChI is InChI=1S/C16H18FN.ClH/c1-11-8-13(9-12(2)15(11)10-18-3)14-6-4-5-7-16(14)17;/h4-9,18H,10H2,1-3H3;1H. The van der Waals surface area contributed by atoms with Gasteiger partial charge in [0.15, 0.2) is 0 Å². The number of rotatable bonds is 3. The van der Waals surface area contributed by atoms with Crippen molar-refractivity contribution in [3.8, 4) is 11.1 Å². The molecule has 0 aliphatic rings. The van der Waals surface area contributed by atoms with Crippen molar-refractivity contribution in [2.75, 3.05) is 7.05 Å². The quantitative estimate of drug-likeness (QED) is 0.886. The second-order valence-corrected chi connectivity index (χ2v) is 4.60. The highest BCUT2D eigenvalue weighted by atomic mass is 35.5. The van der Waals surface area contributed by atoms with Gasteiger partial charge in [0.25, 0.3) is 0 Å². The van der Waals surface area contributed by atoms with E-state index < -0.39 is 0 Å². The van der Waals surface area contributed by atoms with E-state index in [1.54, 1.807) is 6.07 Å². The molecule has 0 spiro atoms. The molecular weight excluding hydrogens is 261 g/mol. The topological polar surface area (TPSA) is 12.0 Å². The smallest absolute Gasteiger partial charge is 0.131 e. The third-order valence-electron chi connectivity index (χ3n) is 3.23. The number of benzene rings is 2. The maximum absolute atomic E-state index is 13.8. The van der Waals surface area contributed by atoms with Gasteiger partial charge in [-0.05, 0) is 49.2 Å². The van der Waals surface area contributed by atoms with Crippen LogP contribution in [0.5, 0.6) is 0 Å². The van der Waals surface area contributed by atoms with Gasteiger partial charge in [0.2, 0.25) is 0 Å². The highest BCUT2D eigenvalue weighted by Gasteiger charge is 2.08. The van der Waals surface area contributed by atoms with Crippen LogP contribution in [-0.2, 0) is 6.54 Å². The maximum atomic E-state index is 13.8. The van der Waals surface area contributed by atoms with Crippen LogP contribution in [0.4, 0.5) is 4.39 Å². The minimum Gasteiger partial charge on any atom is -0.316 e. The Labute approximate surface area is 120 Å². The number of nitrogens with one attached hydrogen (secondary N) is 1. The van der Waals surface area contributed by atoms with Gasteiger partial charge >= 0.3 is 0 Å². The first-order valence-electron chi connectivity index (χ1n) is 6.13. The van der Waals surface area contributed by atoms with Crippen LogP contribution in [0, 0.1) is 19.7 Å². The Morgan fingerprint density at radius 2 is 1.63 bits per heavy atom. The SMILES string of the molecule is CNCc1c(C)cc(-c2ccccc2F)cc1C.Cl. The highest BCUT2D eigenvalue weighted by Crippen LogP contribution is 2.27. The van der Waals surface area contributed by atoms with Crippen molar-refractivity contribution >= 4 is 12.4 Å². The van der Waals surface area contributed by atoms with E-state index in [-0.39, 0.29) is 18.2 Å². The largest absolute Gasteiger partial charge is 0.316 e. The molecule has 0 radical (unpaired) electrons. The van der Waals surface area contributed by atoms with E-state index in [2.05, 4.69) is 31.3 Å². The second-order valence-electron chi connectivity index (χ2n) is 4.60. The van der Waals surface area contributed by atoms with Crippen molar-refractivity contribution in [2.45, 2.75) is 20.4 Å². The first-order chi connectivity index (χ1) is 8.63. The lowest BCUT2D eigenvalue weighted by atomic mass is 9.95. The van der Waals surface area contributed by atoms with E-state index in [1.165, 1.54) is 22.8 Å². The summed E-state index contributed by atoms with van der Waals surface area (Å²) in [5.74, 6) is -0.169. The van der Waals surface area contributed by atoms with Gasteiger partial charge in [-0.1, -0.05) is 30.3 Å². The van der Waals surface area contributed by atoms with Crippen molar-refractivity contribution < 1.29 is 4.39 Å². The zero-order valence-electron chi connectivity index (χ0n) is 11.5. The lowest BCUT2D eigenvalue weighted by Gasteiger charge is -2.13. The zero-order valence-corrected chi connectivity index (χ0v) is 12.3. The Morgan fingerprint density at radius 3 is 2.16 bits per heavy atom. The molecule has 0 bridgehead atoms. The summed E-state index contributed by atoms with van der Waals surface area (Å²) in [5.41, 5.74) is 5.30. The van der Waals surface area contributed by atoms with Crippen LogP contribution in [0.2, 0.25) is 0 Å². The fourth-order valence-electron chi connectivity index (χ4n) is 2.30. The molecule has 102 valence electrons. The third-order valence-corrected chi connectivity index (χ3v) is 3.23. The van der Waals surface area contributed by atoms with Gasteiger partial charge in [0.05, 0.1) is 0 Å². The number of hydrogen-bond donors (Lipinski definition) is 1. The van der Waals surface area contributed by atoms with E-state index in [1.807, 2.05) is 19.2 Å². The molecular formula is C16H19ClFN. The first kappa shape index (κ1) is 15.7. The van der Waals surface area contributed by atoms with E-state index in [0.717, 1.165) is 12.1 Å². The summed E-state index contributed by atoms with van der Waals surface area (Å²) < 4.78 is 13.8. The molecule has 3 heteroatoms. The molecule has 0 aromatic heterocycles. The summed E-state index contributed by atoms with van der Waals surface area (Å²) in [6.45, 7) is 4.99. The van der Waals surface area contributed by atoms with Gasteiger partial charge in [-0.2, -0.15) is 0 Å². The second kappa shape index (κ2) is 6.69. The molecule has 1 N–H and O–H groups in total. The van der Waals surface area contributed by atoms with Crippen molar-refractivity contribution in [1.82, 2.24) is 5.32 Å². The molecule has 0 amide bonds. The molecule has 2 rings (SSSR count). The lowest BCUT2D eigenvalue weighted by Crippen LogP contribution is -2.08. The predicted molar refractivity (Wildman–Crippen MR) is 81.3 cm³/mol. The van der Waals surface area contributed by atoms with Gasteiger partial charge in [0, 0.05) is 12.1 Å². The van der Waals surface area contributed by atoms with E-state index >= 15 is 0 Å². The summed E-state index contributed by atoms with van der Waals surface area (Å²) in [6, 6.07) is 11.0. The van der Waals surface area contributed by atoms with Crippen LogP contribution in [0.15, 0.2) is 36.4 Å². The van der Waals surface area contributed by atoms with Crippen LogP contribution >= 0.6 is 12.4 Å². The normalized spacial score (nSPS) is 10.1. The molecule has 0 aliphatic heterocycles. The Morgan fingerprint density at radius 1 is 1.05 bits per heavy atom. The monoisotopic (exact) mass is 279 g/mol. The van der Waals surface area contributed by atoms with Crippen LogP contribution in [0.25, 0.3) is 11.1 Å². The summed E-state index contributed by atoms with van der Waals surface area (Å²) in [4.78, 5) is 0. The number of hydrogen-bond acceptors (Lipinski definition) is 1. The molecule has 0 saturated heterocycles. The van der Waals surface area contributed by atoms with Crippen molar-refractivity contribution in [1.29, 1.82) is 0 Å². The van der Waals surface area contributed by atoms with Crippen molar-refractivity contribution in [3.63, 3.8) is 0 Å². The van der Waals surface area contributed by atoms with Gasteiger partial charge in [-0.15, -0.1) is 12.4 Å². The van der Waals surface area contributed by atoms with Crippen LogP contribution < -0.4 is 5.32 Å². The summed E-state index contributed by atoms with van der Waals surface area (Å²) in [6.07, 6.45) is 0. The van der Waals surface area contributed by atoms with Crippen LogP contribution in [-0.4, -0.2) is 7.05 Å². The predicted octanol–water partition coefficient (Wildman–Crippen LogP) is 4.25. The van der Waals surface area contributed by atoms with Crippen molar-refractivity contribution in [3.05, 3.63) is 58.9 Å². The Kier molecular flexibility index (Phi) is 5.52. The Bertz CT molecular complexity index is 543. The molecule has 0 fully saturated rings. The molecule has 2 aromatic carbocycles. The molecule has 0 atom stereocenters. The first-order valence-corrected chi connectivity index (χ1v) is 6.13. The fraction of sp³-hybridized carbons (Fsp3) is 0.250. The minimum atomic E-state index is -0.169. The summed E-state index contributed by atoms with van der Waals surface area (Å²) in [7, 11) is 1.93. The summed E-state index contributed by atoms with van der Waals surface area (Å²) >= 11 is 0. The highest BCUT2D eigenvalue weighted by molar-refractivity contribution is 5.85. The molecule has 0 heterocycles. The molecule has 2 aromatic rings. The molecule has 0 saturated carbocycles. The van der Waals surface area contributed by atoms with Crippen LogP contribution in [0.1, 0.15) is 16.7 Å². The Hall–Kier alpha value is -1.38. The number of aryl methyl sites for hydroxylation is 2. The van der Waals surface area contributed by atoms with E-state index in [9.17, 15) is 4.39 Å². The van der Waals surface area contributed by atoms with E-state index in [4.69, 9.17) is 0 Å². The van der Waals surface area contributed by atoms with Crippen LogP contribution in [0.3, 0.4) is 0 Å². The summed E-state index contributed by atoms with van der Waals surface area (Å²) in [5, 5.41) is 3.16.